The topological polar surface area (TPSA) is 101 Å². The van der Waals surface area contributed by atoms with Crippen molar-refractivity contribution in [3.8, 4) is 11.5 Å². The van der Waals surface area contributed by atoms with Gasteiger partial charge in [0.15, 0.2) is 5.78 Å². The van der Waals surface area contributed by atoms with E-state index in [-0.39, 0.29) is 21.8 Å². The van der Waals surface area contributed by atoms with E-state index in [1.54, 1.807) is 0 Å². The molecule has 0 atom stereocenters. The number of rotatable bonds is 4. The van der Waals surface area contributed by atoms with E-state index in [1.807, 2.05) is 0 Å². The third-order valence-electron chi connectivity index (χ3n) is 2.84. The molecule has 0 unspecified atom stereocenters. The lowest BCUT2D eigenvalue weighted by Gasteiger charge is -2.07. The minimum Gasteiger partial charge on any atom is -0.507 e. The lowest BCUT2D eigenvalue weighted by atomic mass is 10.0. The molecule has 2 aromatic carbocycles. The molecule has 21 heavy (non-hydrogen) atoms. The number of carbonyl (C=O) groups excluding carboxylic acids is 1. The number of benzene rings is 2. The summed E-state index contributed by atoms with van der Waals surface area (Å²) in [5.74, 6) is -0.465. The van der Waals surface area contributed by atoms with Gasteiger partial charge in [-0.25, -0.2) is 0 Å². The molecule has 0 saturated carbocycles. The van der Waals surface area contributed by atoms with Gasteiger partial charge in [-0.2, -0.15) is 8.42 Å². The van der Waals surface area contributed by atoms with Crippen LogP contribution in [0.25, 0.3) is 0 Å². The Morgan fingerprint density at radius 1 is 1.14 bits per heavy atom. The number of methoxy groups -OCH3 is 1. The number of carbonyl (C=O) groups is 1. The first-order valence-electron chi connectivity index (χ1n) is 5.82. The van der Waals surface area contributed by atoms with Gasteiger partial charge in [-0.3, -0.25) is 9.35 Å². The number of hydrogen-bond donors (Lipinski definition) is 2. The van der Waals surface area contributed by atoms with Gasteiger partial charge in [-0.1, -0.05) is 12.1 Å². The molecular formula is C14H12O6S. The van der Waals surface area contributed by atoms with Gasteiger partial charge < -0.3 is 9.84 Å². The Morgan fingerprint density at radius 2 is 1.86 bits per heavy atom. The quantitative estimate of drug-likeness (QED) is 0.660. The molecule has 0 fully saturated rings. The smallest absolute Gasteiger partial charge is 0.294 e. The van der Waals surface area contributed by atoms with Crippen molar-refractivity contribution < 1.29 is 27.6 Å². The molecule has 6 nitrogen and oxygen atoms in total. The van der Waals surface area contributed by atoms with Crippen molar-refractivity contribution in [3.63, 3.8) is 0 Å². The van der Waals surface area contributed by atoms with E-state index < -0.39 is 15.9 Å². The fraction of sp³-hybridized carbons (Fsp3) is 0.0714. The Labute approximate surface area is 121 Å². The van der Waals surface area contributed by atoms with Crippen LogP contribution in [-0.2, 0) is 10.1 Å². The highest BCUT2D eigenvalue weighted by atomic mass is 32.2. The summed E-state index contributed by atoms with van der Waals surface area (Å²) in [5, 5.41) is 9.81. The fourth-order valence-corrected chi connectivity index (χ4v) is 2.31. The zero-order valence-corrected chi connectivity index (χ0v) is 11.8. The number of phenols is 1. The van der Waals surface area contributed by atoms with E-state index >= 15 is 0 Å². The van der Waals surface area contributed by atoms with Crippen LogP contribution in [0.1, 0.15) is 15.9 Å². The molecule has 2 aromatic rings. The molecule has 0 heterocycles. The lowest BCUT2D eigenvalue weighted by Crippen LogP contribution is -2.05. The molecule has 0 aromatic heterocycles. The third-order valence-corrected chi connectivity index (χ3v) is 3.69. The first kappa shape index (κ1) is 15.0. The Hall–Kier alpha value is -2.38. The monoisotopic (exact) mass is 308 g/mol. The zero-order chi connectivity index (χ0) is 15.6. The second-order valence-corrected chi connectivity index (χ2v) is 5.64. The lowest BCUT2D eigenvalue weighted by molar-refractivity contribution is 0.103. The summed E-state index contributed by atoms with van der Waals surface area (Å²) >= 11 is 0. The van der Waals surface area contributed by atoms with Gasteiger partial charge in [-0.15, -0.1) is 0 Å². The van der Waals surface area contributed by atoms with Crippen molar-refractivity contribution in [1.82, 2.24) is 0 Å². The van der Waals surface area contributed by atoms with Crippen LogP contribution in [0.15, 0.2) is 47.4 Å². The van der Waals surface area contributed by atoms with Crippen molar-refractivity contribution in [2.45, 2.75) is 4.90 Å². The third kappa shape index (κ3) is 3.21. The molecule has 110 valence electrons. The predicted molar refractivity (Wildman–Crippen MR) is 74.3 cm³/mol. The van der Waals surface area contributed by atoms with Crippen LogP contribution in [0, 0.1) is 0 Å². The molecule has 0 bridgehead atoms. The number of ketones is 1. The second-order valence-electron chi connectivity index (χ2n) is 4.22. The molecule has 0 radical (unpaired) electrons. The minimum absolute atomic E-state index is 0.00304. The minimum atomic E-state index is -4.40. The van der Waals surface area contributed by atoms with Gasteiger partial charge in [0.05, 0.1) is 17.6 Å². The SMILES string of the molecule is COc1ccc(C(=O)c2cccc(S(=O)(=O)O)c2)c(O)c1. The van der Waals surface area contributed by atoms with Crippen molar-refractivity contribution in [2.24, 2.45) is 0 Å². The van der Waals surface area contributed by atoms with E-state index in [4.69, 9.17) is 9.29 Å². The summed E-state index contributed by atoms with van der Waals surface area (Å²) < 4.78 is 36.0. The Balaban J connectivity index is 2.46. The van der Waals surface area contributed by atoms with Crippen LogP contribution in [0.3, 0.4) is 0 Å². The molecule has 0 aliphatic rings. The van der Waals surface area contributed by atoms with Crippen molar-refractivity contribution >= 4 is 15.9 Å². The number of aromatic hydroxyl groups is 1. The molecule has 7 heteroatoms. The maximum Gasteiger partial charge on any atom is 0.294 e. The van der Waals surface area contributed by atoms with Crippen LogP contribution < -0.4 is 4.74 Å². The summed E-state index contributed by atoms with van der Waals surface area (Å²) in [6.45, 7) is 0. The molecule has 0 amide bonds. The maximum absolute atomic E-state index is 12.3. The first-order chi connectivity index (χ1) is 9.82. The van der Waals surface area contributed by atoms with Gasteiger partial charge in [0.2, 0.25) is 0 Å². The van der Waals surface area contributed by atoms with Crippen LogP contribution in [0.4, 0.5) is 0 Å². The van der Waals surface area contributed by atoms with Crippen LogP contribution in [-0.4, -0.2) is 31.0 Å². The molecule has 0 spiro atoms. The molecular weight excluding hydrogens is 296 g/mol. The standard InChI is InChI=1S/C14H12O6S/c1-20-10-5-6-12(13(15)8-10)14(16)9-3-2-4-11(7-9)21(17,18)19/h2-8,15H,1H3,(H,17,18,19). The average molecular weight is 308 g/mol. The van der Waals surface area contributed by atoms with E-state index in [0.717, 1.165) is 6.07 Å². The largest absolute Gasteiger partial charge is 0.507 e. The number of hydrogen-bond acceptors (Lipinski definition) is 5. The summed E-state index contributed by atoms with van der Waals surface area (Å²) in [7, 11) is -2.97. The highest BCUT2D eigenvalue weighted by Gasteiger charge is 2.17. The van der Waals surface area contributed by atoms with Gasteiger partial charge in [0.1, 0.15) is 11.5 Å². The Kier molecular flexibility index (Phi) is 3.97. The summed E-state index contributed by atoms with van der Waals surface area (Å²) in [6, 6.07) is 9.08. The van der Waals surface area contributed by atoms with Gasteiger partial charge in [0, 0.05) is 11.6 Å². The van der Waals surface area contributed by atoms with E-state index in [2.05, 4.69) is 0 Å². The number of phenolic OH excluding ortho intramolecular Hbond substituents is 1. The van der Waals surface area contributed by atoms with Gasteiger partial charge in [-0.05, 0) is 24.3 Å². The van der Waals surface area contributed by atoms with Crippen LogP contribution in [0.5, 0.6) is 11.5 Å². The molecule has 0 aliphatic carbocycles. The highest BCUT2D eigenvalue weighted by Crippen LogP contribution is 2.26. The van der Waals surface area contributed by atoms with Crippen molar-refractivity contribution in [3.05, 3.63) is 53.6 Å². The molecule has 2 rings (SSSR count). The predicted octanol–water partition coefficient (Wildman–Crippen LogP) is 1.88. The Bertz CT molecular complexity index is 795. The van der Waals surface area contributed by atoms with E-state index in [1.165, 1.54) is 43.5 Å². The van der Waals surface area contributed by atoms with Gasteiger partial charge in [0.25, 0.3) is 10.1 Å². The molecule has 0 saturated heterocycles. The maximum atomic E-state index is 12.3. The van der Waals surface area contributed by atoms with E-state index in [0.29, 0.717) is 5.75 Å². The van der Waals surface area contributed by atoms with Crippen LogP contribution >= 0.6 is 0 Å². The first-order valence-corrected chi connectivity index (χ1v) is 7.26. The zero-order valence-electron chi connectivity index (χ0n) is 11.0. The molecule has 2 N–H and O–H groups in total. The van der Waals surface area contributed by atoms with Crippen LogP contribution in [0.2, 0.25) is 0 Å². The summed E-state index contributed by atoms with van der Waals surface area (Å²) in [5.41, 5.74) is 0.0360. The normalized spacial score (nSPS) is 11.1. The summed E-state index contributed by atoms with van der Waals surface area (Å²) in [4.78, 5) is 11.9. The molecule has 0 aliphatic heterocycles. The van der Waals surface area contributed by atoms with Crippen molar-refractivity contribution in [1.29, 1.82) is 0 Å². The van der Waals surface area contributed by atoms with Crippen molar-refractivity contribution in [2.75, 3.05) is 7.11 Å². The highest BCUT2D eigenvalue weighted by molar-refractivity contribution is 7.85. The average Bonchev–Trinajstić information content (AvgIpc) is 2.45. The second kappa shape index (κ2) is 5.55. The van der Waals surface area contributed by atoms with Gasteiger partial charge >= 0.3 is 0 Å². The number of ether oxygens (including phenoxy) is 1. The fourth-order valence-electron chi connectivity index (χ4n) is 1.78. The Morgan fingerprint density at radius 3 is 2.43 bits per heavy atom. The summed E-state index contributed by atoms with van der Waals surface area (Å²) in [6.07, 6.45) is 0. The van der Waals surface area contributed by atoms with E-state index in [9.17, 15) is 18.3 Å².